The molecule has 0 aromatic carbocycles. The summed E-state index contributed by atoms with van der Waals surface area (Å²) in [6.07, 6.45) is 0. The third-order valence-corrected chi connectivity index (χ3v) is 6.11. The van der Waals surface area contributed by atoms with E-state index in [1.807, 2.05) is 0 Å². The molecule has 24 heavy (non-hydrogen) atoms. The highest BCUT2D eigenvalue weighted by molar-refractivity contribution is 14.1. The SMILES string of the molecule is C[C@@H]1COCCN1c1nc(N2CCOC[C@@H]2C)nc2sc(I)nc12. The summed E-state index contributed by atoms with van der Waals surface area (Å²) >= 11 is 3.88. The van der Waals surface area contributed by atoms with Crippen LogP contribution in [0.4, 0.5) is 11.8 Å². The second-order valence-corrected chi connectivity index (χ2v) is 8.93. The van der Waals surface area contributed by atoms with Crippen LogP contribution in [0.3, 0.4) is 0 Å². The van der Waals surface area contributed by atoms with Gasteiger partial charge in [0.2, 0.25) is 5.95 Å². The number of ether oxygens (including phenoxy) is 2. The van der Waals surface area contributed by atoms with Gasteiger partial charge >= 0.3 is 0 Å². The number of hydrogen-bond donors (Lipinski definition) is 0. The van der Waals surface area contributed by atoms with Crippen LogP contribution in [0.5, 0.6) is 0 Å². The van der Waals surface area contributed by atoms with Crippen LogP contribution in [0.1, 0.15) is 13.8 Å². The molecule has 0 saturated carbocycles. The molecule has 2 aliphatic rings. The number of aromatic nitrogens is 3. The Hall–Kier alpha value is -0.780. The first-order chi connectivity index (χ1) is 11.6. The summed E-state index contributed by atoms with van der Waals surface area (Å²) in [5, 5.41) is 0. The summed E-state index contributed by atoms with van der Waals surface area (Å²) in [7, 11) is 0. The molecule has 0 N–H and O–H groups in total. The van der Waals surface area contributed by atoms with E-state index in [1.165, 1.54) is 0 Å². The van der Waals surface area contributed by atoms with Gasteiger partial charge in [0, 0.05) is 13.1 Å². The Morgan fingerprint density at radius 2 is 1.67 bits per heavy atom. The van der Waals surface area contributed by atoms with Gasteiger partial charge in [-0.25, -0.2) is 4.98 Å². The lowest BCUT2D eigenvalue weighted by Crippen LogP contribution is -2.46. The highest BCUT2D eigenvalue weighted by atomic mass is 127. The monoisotopic (exact) mass is 461 g/mol. The summed E-state index contributed by atoms with van der Waals surface area (Å²) in [6, 6.07) is 0.560. The van der Waals surface area contributed by atoms with Crippen molar-refractivity contribution in [2.24, 2.45) is 0 Å². The Kier molecular flexibility index (Phi) is 4.76. The lowest BCUT2D eigenvalue weighted by molar-refractivity contribution is 0.0973. The number of nitrogens with zero attached hydrogens (tertiary/aromatic N) is 5. The Bertz CT molecular complexity index is 742. The van der Waals surface area contributed by atoms with E-state index in [4.69, 9.17) is 19.4 Å². The van der Waals surface area contributed by atoms with Crippen molar-refractivity contribution in [1.29, 1.82) is 0 Å². The fraction of sp³-hybridized carbons (Fsp3) is 0.667. The van der Waals surface area contributed by atoms with Crippen LogP contribution in [-0.2, 0) is 9.47 Å². The molecule has 9 heteroatoms. The Morgan fingerprint density at radius 1 is 1.00 bits per heavy atom. The zero-order valence-corrected chi connectivity index (χ0v) is 16.7. The number of morpholine rings is 2. The Balaban J connectivity index is 1.81. The maximum Gasteiger partial charge on any atom is 0.229 e. The number of fused-ring (bicyclic) bond motifs is 1. The molecule has 2 fully saturated rings. The lowest BCUT2D eigenvalue weighted by Gasteiger charge is -2.36. The van der Waals surface area contributed by atoms with Crippen molar-refractivity contribution in [3.63, 3.8) is 0 Å². The standard InChI is InChI=1S/C15H20IN5O2S/c1-9-7-22-5-3-20(9)12-11-13(24-14(16)17-11)19-15(18-12)21-4-6-23-8-10(21)2/h9-10H,3-8H2,1-2H3/t9-,10+/m1/s1. The maximum absolute atomic E-state index is 5.58. The van der Waals surface area contributed by atoms with Crippen molar-refractivity contribution in [3.05, 3.63) is 3.01 Å². The number of hydrogen-bond acceptors (Lipinski definition) is 8. The predicted molar refractivity (Wildman–Crippen MR) is 103 cm³/mol. The fourth-order valence-corrected chi connectivity index (χ4v) is 4.69. The summed E-state index contributed by atoms with van der Waals surface area (Å²) in [5.74, 6) is 1.72. The highest BCUT2D eigenvalue weighted by Crippen LogP contribution is 2.33. The van der Waals surface area contributed by atoms with Crippen LogP contribution >= 0.6 is 33.9 Å². The van der Waals surface area contributed by atoms with Crippen molar-refractivity contribution < 1.29 is 9.47 Å². The molecular formula is C15H20IN5O2S. The molecule has 2 saturated heterocycles. The Morgan fingerprint density at radius 3 is 2.33 bits per heavy atom. The van der Waals surface area contributed by atoms with Crippen molar-refractivity contribution >= 4 is 56.0 Å². The largest absolute Gasteiger partial charge is 0.377 e. The van der Waals surface area contributed by atoms with Crippen LogP contribution in [-0.4, -0.2) is 66.6 Å². The second-order valence-electron chi connectivity index (χ2n) is 6.20. The number of halogens is 1. The van der Waals surface area contributed by atoms with Gasteiger partial charge in [0.05, 0.1) is 38.5 Å². The average molecular weight is 461 g/mol. The number of anilines is 2. The van der Waals surface area contributed by atoms with Gasteiger partial charge in [0.25, 0.3) is 0 Å². The van der Waals surface area contributed by atoms with Crippen LogP contribution < -0.4 is 9.80 Å². The van der Waals surface area contributed by atoms with Gasteiger partial charge in [-0.1, -0.05) is 11.3 Å². The fourth-order valence-electron chi connectivity index (χ4n) is 3.17. The molecule has 0 unspecified atom stereocenters. The van der Waals surface area contributed by atoms with Gasteiger partial charge in [-0.3, -0.25) is 0 Å². The van der Waals surface area contributed by atoms with Crippen molar-refractivity contribution in [3.8, 4) is 0 Å². The maximum atomic E-state index is 5.58. The van der Waals surface area contributed by atoms with Crippen LogP contribution in [0, 0.1) is 3.01 Å². The summed E-state index contributed by atoms with van der Waals surface area (Å²) < 4.78 is 12.1. The van der Waals surface area contributed by atoms with Gasteiger partial charge in [0.15, 0.2) is 13.7 Å². The number of rotatable bonds is 2. The Labute approximate surface area is 158 Å². The van der Waals surface area contributed by atoms with Gasteiger partial charge < -0.3 is 19.3 Å². The molecule has 2 atom stereocenters. The molecular weight excluding hydrogens is 441 g/mol. The van der Waals surface area contributed by atoms with Crippen molar-refractivity contribution in [1.82, 2.24) is 15.0 Å². The van der Waals surface area contributed by atoms with Gasteiger partial charge in [-0.05, 0) is 36.4 Å². The van der Waals surface area contributed by atoms with E-state index < -0.39 is 0 Å². The van der Waals surface area contributed by atoms with E-state index >= 15 is 0 Å². The molecule has 0 amide bonds. The topological polar surface area (TPSA) is 63.6 Å². The average Bonchev–Trinajstić information content (AvgIpc) is 2.95. The van der Waals surface area contributed by atoms with E-state index in [9.17, 15) is 0 Å². The number of thiazole rings is 1. The smallest absolute Gasteiger partial charge is 0.229 e. The normalized spacial score (nSPS) is 25.5. The first-order valence-electron chi connectivity index (χ1n) is 8.16. The van der Waals surface area contributed by atoms with E-state index in [1.54, 1.807) is 11.3 Å². The minimum atomic E-state index is 0.276. The van der Waals surface area contributed by atoms with Gasteiger partial charge in [0.1, 0.15) is 5.52 Å². The quantitative estimate of drug-likeness (QED) is 0.636. The van der Waals surface area contributed by atoms with Gasteiger partial charge in [-0.2, -0.15) is 9.97 Å². The predicted octanol–water partition coefficient (Wildman–Crippen LogP) is 2.14. The van der Waals surface area contributed by atoms with E-state index in [-0.39, 0.29) is 12.1 Å². The summed E-state index contributed by atoms with van der Waals surface area (Å²) in [6.45, 7) is 8.85. The van der Waals surface area contributed by atoms with Crippen LogP contribution in [0.25, 0.3) is 10.3 Å². The van der Waals surface area contributed by atoms with Crippen molar-refractivity contribution in [2.45, 2.75) is 25.9 Å². The third-order valence-electron chi connectivity index (χ3n) is 4.47. The minimum absolute atomic E-state index is 0.276. The van der Waals surface area contributed by atoms with E-state index in [0.29, 0.717) is 6.61 Å². The summed E-state index contributed by atoms with van der Waals surface area (Å²) in [5.41, 5.74) is 0.905. The molecule has 4 rings (SSSR count). The molecule has 2 aliphatic heterocycles. The van der Waals surface area contributed by atoms with Crippen LogP contribution in [0.2, 0.25) is 0 Å². The van der Waals surface area contributed by atoms with Gasteiger partial charge in [-0.15, -0.1) is 0 Å². The third kappa shape index (κ3) is 3.06. The molecule has 0 aliphatic carbocycles. The lowest BCUT2D eigenvalue weighted by atomic mass is 10.2. The van der Waals surface area contributed by atoms with E-state index in [0.717, 1.165) is 58.0 Å². The molecule has 2 aromatic rings. The molecule has 7 nitrogen and oxygen atoms in total. The molecule has 130 valence electrons. The second kappa shape index (κ2) is 6.85. The molecule has 4 heterocycles. The zero-order valence-electron chi connectivity index (χ0n) is 13.7. The molecule has 0 bridgehead atoms. The highest BCUT2D eigenvalue weighted by Gasteiger charge is 2.28. The first-order valence-corrected chi connectivity index (χ1v) is 10.1. The molecule has 0 radical (unpaired) electrons. The molecule has 0 spiro atoms. The minimum Gasteiger partial charge on any atom is -0.377 e. The van der Waals surface area contributed by atoms with E-state index in [2.05, 4.69) is 51.2 Å². The van der Waals surface area contributed by atoms with Crippen LogP contribution in [0.15, 0.2) is 0 Å². The molecule has 2 aromatic heterocycles. The van der Waals surface area contributed by atoms with Crippen molar-refractivity contribution in [2.75, 3.05) is 49.3 Å². The summed E-state index contributed by atoms with van der Waals surface area (Å²) in [4.78, 5) is 19.9. The zero-order chi connectivity index (χ0) is 16.7. The first kappa shape index (κ1) is 16.7.